The van der Waals surface area contributed by atoms with Crippen LogP contribution in [-0.2, 0) is 12.8 Å². The molecular formula is C16H16Br2S. The van der Waals surface area contributed by atoms with Crippen molar-refractivity contribution >= 4 is 43.6 Å². The van der Waals surface area contributed by atoms with Gasteiger partial charge in [0.15, 0.2) is 0 Å². The summed E-state index contributed by atoms with van der Waals surface area (Å²) >= 11 is 9.21. The van der Waals surface area contributed by atoms with Gasteiger partial charge >= 0.3 is 0 Å². The van der Waals surface area contributed by atoms with Crippen molar-refractivity contribution in [3.63, 3.8) is 0 Å². The summed E-state index contributed by atoms with van der Waals surface area (Å²) in [6.45, 7) is 0. The Labute approximate surface area is 136 Å². The Morgan fingerprint density at radius 2 is 1.11 bits per heavy atom. The maximum absolute atomic E-state index is 3.60. The lowest BCUT2D eigenvalue weighted by Crippen LogP contribution is -1.94. The van der Waals surface area contributed by atoms with Crippen molar-refractivity contribution in [3.05, 3.63) is 68.6 Å². The van der Waals surface area contributed by atoms with Crippen LogP contribution in [0.15, 0.2) is 57.5 Å². The molecule has 0 spiro atoms. The maximum atomic E-state index is 3.60. The van der Waals surface area contributed by atoms with E-state index in [1.807, 2.05) is 11.8 Å². The summed E-state index contributed by atoms with van der Waals surface area (Å²) in [5.41, 5.74) is 2.80. The van der Waals surface area contributed by atoms with Crippen molar-refractivity contribution in [1.82, 2.24) is 0 Å². The fourth-order valence-electron chi connectivity index (χ4n) is 1.87. The standard InChI is InChI=1S/C16H16Br2S/c17-15-7-3-1-5-13(15)9-11-19-12-10-14-6-2-4-8-16(14)18/h1-8H,9-12H2. The number of hydrogen-bond acceptors (Lipinski definition) is 1. The van der Waals surface area contributed by atoms with Gasteiger partial charge < -0.3 is 0 Å². The van der Waals surface area contributed by atoms with E-state index in [1.54, 1.807) is 0 Å². The molecule has 0 amide bonds. The highest BCUT2D eigenvalue weighted by Crippen LogP contribution is 2.20. The molecule has 3 heteroatoms. The summed E-state index contributed by atoms with van der Waals surface area (Å²) in [6.07, 6.45) is 2.25. The van der Waals surface area contributed by atoms with E-state index in [0.717, 1.165) is 12.8 Å². The van der Waals surface area contributed by atoms with Gasteiger partial charge in [-0.1, -0.05) is 68.3 Å². The van der Waals surface area contributed by atoms with E-state index in [4.69, 9.17) is 0 Å². The van der Waals surface area contributed by atoms with Crippen LogP contribution in [0.4, 0.5) is 0 Å². The van der Waals surface area contributed by atoms with E-state index < -0.39 is 0 Å². The lowest BCUT2D eigenvalue weighted by Gasteiger charge is -2.06. The minimum absolute atomic E-state index is 1.13. The molecular weight excluding hydrogens is 384 g/mol. The van der Waals surface area contributed by atoms with Crippen molar-refractivity contribution in [2.45, 2.75) is 12.8 Å². The lowest BCUT2D eigenvalue weighted by molar-refractivity contribution is 1.11. The minimum Gasteiger partial charge on any atom is -0.161 e. The van der Waals surface area contributed by atoms with E-state index in [2.05, 4.69) is 80.4 Å². The molecule has 2 aromatic carbocycles. The Kier molecular flexibility index (Phi) is 6.48. The summed E-state index contributed by atoms with van der Waals surface area (Å²) in [5.74, 6) is 2.35. The van der Waals surface area contributed by atoms with E-state index in [9.17, 15) is 0 Å². The van der Waals surface area contributed by atoms with Crippen LogP contribution in [0.2, 0.25) is 0 Å². The van der Waals surface area contributed by atoms with E-state index in [-0.39, 0.29) is 0 Å². The molecule has 0 unspecified atom stereocenters. The SMILES string of the molecule is Brc1ccccc1CCSCCc1ccccc1Br. The third kappa shape index (κ3) is 4.97. The zero-order valence-corrected chi connectivity index (χ0v) is 14.6. The van der Waals surface area contributed by atoms with Gasteiger partial charge in [-0.15, -0.1) is 0 Å². The quantitative estimate of drug-likeness (QED) is 0.559. The molecule has 0 radical (unpaired) electrons. The molecule has 0 atom stereocenters. The molecule has 2 aromatic rings. The zero-order chi connectivity index (χ0) is 13.5. The average Bonchev–Trinajstić information content (AvgIpc) is 2.42. The van der Waals surface area contributed by atoms with Gasteiger partial charge in [0, 0.05) is 8.95 Å². The molecule has 0 aliphatic carbocycles. The highest BCUT2D eigenvalue weighted by molar-refractivity contribution is 9.10. The maximum Gasteiger partial charge on any atom is 0.0207 e. The Bertz CT molecular complexity index is 478. The zero-order valence-electron chi connectivity index (χ0n) is 10.6. The molecule has 19 heavy (non-hydrogen) atoms. The van der Waals surface area contributed by atoms with Crippen molar-refractivity contribution in [1.29, 1.82) is 0 Å². The average molecular weight is 400 g/mol. The van der Waals surface area contributed by atoms with Gasteiger partial charge in [0.25, 0.3) is 0 Å². The number of aryl methyl sites for hydroxylation is 2. The second-order valence-electron chi connectivity index (χ2n) is 4.30. The molecule has 0 aromatic heterocycles. The molecule has 0 N–H and O–H groups in total. The summed E-state index contributed by atoms with van der Waals surface area (Å²) < 4.78 is 2.45. The van der Waals surface area contributed by atoms with Crippen molar-refractivity contribution < 1.29 is 0 Å². The highest BCUT2D eigenvalue weighted by atomic mass is 79.9. The molecule has 2 rings (SSSR count). The summed E-state index contributed by atoms with van der Waals surface area (Å²) in [5, 5.41) is 0. The highest BCUT2D eigenvalue weighted by Gasteiger charge is 2.00. The van der Waals surface area contributed by atoms with Crippen molar-refractivity contribution in [2.24, 2.45) is 0 Å². The molecule has 0 heterocycles. The van der Waals surface area contributed by atoms with Gasteiger partial charge in [-0.3, -0.25) is 0 Å². The van der Waals surface area contributed by atoms with Crippen LogP contribution >= 0.6 is 43.6 Å². The summed E-state index contributed by atoms with van der Waals surface area (Å²) in [4.78, 5) is 0. The monoisotopic (exact) mass is 398 g/mol. The Morgan fingerprint density at radius 3 is 1.53 bits per heavy atom. The first-order chi connectivity index (χ1) is 9.27. The lowest BCUT2D eigenvalue weighted by atomic mass is 10.2. The smallest absolute Gasteiger partial charge is 0.0207 e. The Morgan fingerprint density at radius 1 is 0.684 bits per heavy atom. The van der Waals surface area contributed by atoms with Crippen LogP contribution in [0.25, 0.3) is 0 Å². The molecule has 0 saturated carbocycles. The Balaban J connectivity index is 1.71. The molecule has 0 aliphatic rings. The predicted octanol–water partition coefficient (Wildman–Crippen LogP) is 5.73. The first kappa shape index (κ1) is 15.1. The van der Waals surface area contributed by atoms with E-state index in [0.29, 0.717) is 0 Å². The largest absolute Gasteiger partial charge is 0.161 e. The van der Waals surface area contributed by atoms with Crippen LogP contribution in [-0.4, -0.2) is 11.5 Å². The molecule has 0 aliphatic heterocycles. The fraction of sp³-hybridized carbons (Fsp3) is 0.250. The van der Waals surface area contributed by atoms with Gasteiger partial charge in [-0.25, -0.2) is 0 Å². The third-order valence-corrected chi connectivity index (χ3v) is 5.48. The van der Waals surface area contributed by atoms with Crippen molar-refractivity contribution in [3.8, 4) is 0 Å². The van der Waals surface area contributed by atoms with Crippen LogP contribution in [0.5, 0.6) is 0 Å². The second kappa shape index (κ2) is 8.13. The Hall–Kier alpha value is -0.250. The first-order valence-electron chi connectivity index (χ1n) is 6.32. The van der Waals surface area contributed by atoms with E-state index >= 15 is 0 Å². The summed E-state index contributed by atoms with van der Waals surface area (Å²) in [7, 11) is 0. The predicted molar refractivity (Wildman–Crippen MR) is 93.0 cm³/mol. The van der Waals surface area contributed by atoms with Crippen LogP contribution in [0.3, 0.4) is 0 Å². The van der Waals surface area contributed by atoms with E-state index in [1.165, 1.54) is 31.6 Å². The van der Waals surface area contributed by atoms with Gasteiger partial charge in [0.1, 0.15) is 0 Å². The first-order valence-corrected chi connectivity index (χ1v) is 9.06. The number of rotatable bonds is 6. The van der Waals surface area contributed by atoms with Crippen LogP contribution < -0.4 is 0 Å². The molecule has 0 bridgehead atoms. The minimum atomic E-state index is 1.13. The fourth-order valence-corrected chi connectivity index (χ4v) is 3.77. The normalized spacial score (nSPS) is 10.6. The molecule has 0 saturated heterocycles. The van der Waals surface area contributed by atoms with Gasteiger partial charge in [-0.05, 0) is 47.6 Å². The summed E-state index contributed by atoms with van der Waals surface area (Å²) in [6, 6.07) is 16.9. The topological polar surface area (TPSA) is 0 Å². The second-order valence-corrected chi connectivity index (χ2v) is 7.23. The molecule has 0 nitrogen and oxygen atoms in total. The number of thioether (sulfide) groups is 1. The third-order valence-electron chi connectivity index (χ3n) is 2.95. The number of benzene rings is 2. The van der Waals surface area contributed by atoms with Gasteiger partial charge in [-0.2, -0.15) is 11.8 Å². The van der Waals surface area contributed by atoms with Crippen LogP contribution in [0, 0.1) is 0 Å². The molecule has 0 fully saturated rings. The van der Waals surface area contributed by atoms with Crippen LogP contribution in [0.1, 0.15) is 11.1 Å². The van der Waals surface area contributed by atoms with Crippen molar-refractivity contribution in [2.75, 3.05) is 11.5 Å². The van der Waals surface area contributed by atoms with Gasteiger partial charge in [0.05, 0.1) is 0 Å². The number of halogens is 2. The molecule has 100 valence electrons. The van der Waals surface area contributed by atoms with Gasteiger partial charge in [0.2, 0.25) is 0 Å². The number of hydrogen-bond donors (Lipinski definition) is 0.